The van der Waals surface area contributed by atoms with Crippen LogP contribution in [-0.2, 0) is 18.6 Å². The lowest BCUT2D eigenvalue weighted by Crippen LogP contribution is -2.48. The molecule has 1 aliphatic heterocycles. The predicted octanol–water partition coefficient (Wildman–Crippen LogP) is 5.96. The molecule has 3 aromatic carbocycles. The minimum atomic E-state index is -1.44. The average molecular weight is 582 g/mol. The quantitative estimate of drug-likeness (QED) is 0.221. The highest BCUT2D eigenvalue weighted by Gasteiger charge is 2.43. The second kappa shape index (κ2) is 13.5. The number of carbonyl (C=O) groups excluding carboxylic acids is 1. The van der Waals surface area contributed by atoms with Crippen LogP contribution >= 0.6 is 11.6 Å². The molecule has 0 aromatic heterocycles. The molecule has 9 heteroatoms. The van der Waals surface area contributed by atoms with Crippen molar-refractivity contribution in [3.8, 4) is 11.1 Å². The van der Waals surface area contributed by atoms with E-state index in [2.05, 4.69) is 18.3 Å². The Morgan fingerprint density at radius 1 is 1.15 bits per heavy atom. The van der Waals surface area contributed by atoms with Crippen LogP contribution in [0.3, 0.4) is 0 Å². The van der Waals surface area contributed by atoms with Crippen molar-refractivity contribution in [3.05, 3.63) is 93.8 Å². The average Bonchev–Trinajstić information content (AvgIpc) is 2.98. The van der Waals surface area contributed by atoms with E-state index in [1.54, 1.807) is 23.1 Å². The van der Waals surface area contributed by atoms with Gasteiger partial charge in [-0.1, -0.05) is 61.0 Å². The van der Waals surface area contributed by atoms with Gasteiger partial charge in [0.15, 0.2) is 0 Å². The van der Waals surface area contributed by atoms with Crippen molar-refractivity contribution in [1.82, 2.24) is 10.2 Å². The van der Waals surface area contributed by atoms with E-state index in [9.17, 15) is 19.1 Å². The minimum absolute atomic E-state index is 0.0307. The third kappa shape index (κ3) is 6.89. The van der Waals surface area contributed by atoms with E-state index in [1.165, 1.54) is 12.1 Å². The van der Waals surface area contributed by atoms with Gasteiger partial charge in [0.05, 0.1) is 11.2 Å². The van der Waals surface area contributed by atoms with Crippen molar-refractivity contribution in [1.29, 1.82) is 0 Å². The van der Waals surface area contributed by atoms with Crippen LogP contribution in [-0.4, -0.2) is 46.7 Å². The number of amides is 2. The molecule has 7 nitrogen and oxygen atoms in total. The summed E-state index contributed by atoms with van der Waals surface area (Å²) in [6.07, 6.45) is 1.55. The lowest BCUT2D eigenvalue weighted by atomic mass is 9.72. The zero-order chi connectivity index (χ0) is 29.6. The number of nitrogens with one attached hydrogen (secondary N) is 1. The molecule has 0 saturated carbocycles. The summed E-state index contributed by atoms with van der Waals surface area (Å²) < 4.78 is 14.8. The molecule has 1 aliphatic rings. The summed E-state index contributed by atoms with van der Waals surface area (Å²) in [7, 11) is 0. The van der Waals surface area contributed by atoms with Gasteiger partial charge in [-0.05, 0) is 72.6 Å². The number of hydrogen-bond acceptors (Lipinski definition) is 4. The van der Waals surface area contributed by atoms with E-state index in [1.807, 2.05) is 24.3 Å². The van der Waals surface area contributed by atoms with E-state index < -0.39 is 29.3 Å². The molecular formula is C32H37ClFN3O4. The first kappa shape index (κ1) is 30.5. The second-order valence-corrected chi connectivity index (χ2v) is 11.0. The molecule has 3 aromatic rings. The Morgan fingerprint density at radius 3 is 2.63 bits per heavy atom. The fourth-order valence-electron chi connectivity index (χ4n) is 5.82. The molecule has 1 saturated heterocycles. The number of carbonyl (C=O) groups is 2. The van der Waals surface area contributed by atoms with Crippen molar-refractivity contribution in [2.75, 3.05) is 19.6 Å². The Morgan fingerprint density at radius 2 is 1.93 bits per heavy atom. The van der Waals surface area contributed by atoms with Gasteiger partial charge in [0.25, 0.3) is 5.91 Å². The zero-order valence-corrected chi connectivity index (χ0v) is 24.0. The normalized spacial score (nSPS) is 16.7. The molecule has 218 valence electrons. The first-order valence-corrected chi connectivity index (χ1v) is 14.4. The Kier molecular flexibility index (Phi) is 10.0. The van der Waals surface area contributed by atoms with E-state index in [0.717, 1.165) is 17.5 Å². The van der Waals surface area contributed by atoms with E-state index in [-0.39, 0.29) is 31.6 Å². The van der Waals surface area contributed by atoms with Crippen LogP contribution in [0, 0.1) is 11.7 Å². The van der Waals surface area contributed by atoms with Gasteiger partial charge in [0, 0.05) is 42.7 Å². The molecule has 2 amide bonds. The van der Waals surface area contributed by atoms with Crippen LogP contribution < -0.4 is 11.1 Å². The maximum Gasteiger partial charge on any atom is 0.404 e. The van der Waals surface area contributed by atoms with Crippen LogP contribution in [0.1, 0.15) is 59.7 Å². The molecule has 1 fully saturated rings. The first-order chi connectivity index (χ1) is 19.7. The lowest BCUT2D eigenvalue weighted by Gasteiger charge is -2.44. The molecule has 0 radical (unpaired) electrons. The molecule has 5 N–H and O–H groups in total. The number of carboxylic acid groups (broad SMARTS) is 1. The van der Waals surface area contributed by atoms with Gasteiger partial charge in [-0.3, -0.25) is 4.79 Å². The molecule has 41 heavy (non-hydrogen) atoms. The van der Waals surface area contributed by atoms with Crippen LogP contribution in [0.15, 0.2) is 60.7 Å². The van der Waals surface area contributed by atoms with Gasteiger partial charge < -0.3 is 26.2 Å². The number of likely N-dealkylation sites (tertiary alicyclic amines) is 1. The Bertz CT molecular complexity index is 1400. The highest BCUT2D eigenvalue weighted by molar-refractivity contribution is 6.33. The fraction of sp³-hybridized carbons (Fsp3) is 0.375. The SMILES string of the molecule is CCc1cccc(-c2c(Cl)cccc2[C@](O)(CCCNC(=O)O)[C@@H]2CCCN(C(=O)c3ccc(CN)cc3F)C2)c1. The molecule has 2 atom stereocenters. The maximum absolute atomic E-state index is 14.8. The van der Waals surface area contributed by atoms with E-state index >= 15 is 0 Å². The monoisotopic (exact) mass is 581 g/mol. The Labute approximate surface area is 245 Å². The van der Waals surface area contributed by atoms with Gasteiger partial charge in [0.2, 0.25) is 0 Å². The molecular weight excluding hydrogens is 545 g/mol. The molecule has 0 bridgehead atoms. The predicted molar refractivity (Wildman–Crippen MR) is 158 cm³/mol. The first-order valence-electron chi connectivity index (χ1n) is 14.0. The third-order valence-corrected chi connectivity index (χ3v) is 8.31. The van der Waals surface area contributed by atoms with Crippen LogP contribution in [0.25, 0.3) is 11.1 Å². The van der Waals surface area contributed by atoms with Crippen molar-refractivity contribution < 1.29 is 24.2 Å². The third-order valence-electron chi connectivity index (χ3n) is 8.00. The van der Waals surface area contributed by atoms with Crippen molar-refractivity contribution in [2.45, 2.75) is 51.2 Å². The largest absolute Gasteiger partial charge is 0.465 e. The number of halogens is 2. The van der Waals surface area contributed by atoms with E-state index in [4.69, 9.17) is 22.4 Å². The highest BCUT2D eigenvalue weighted by Crippen LogP contribution is 2.45. The zero-order valence-electron chi connectivity index (χ0n) is 23.2. The minimum Gasteiger partial charge on any atom is -0.465 e. The van der Waals surface area contributed by atoms with Crippen molar-refractivity contribution in [2.24, 2.45) is 11.7 Å². The fourth-order valence-corrected chi connectivity index (χ4v) is 6.10. The van der Waals surface area contributed by atoms with Gasteiger partial charge >= 0.3 is 6.09 Å². The maximum atomic E-state index is 14.8. The highest BCUT2D eigenvalue weighted by atomic mass is 35.5. The molecule has 1 heterocycles. The summed E-state index contributed by atoms with van der Waals surface area (Å²) in [4.78, 5) is 26.1. The van der Waals surface area contributed by atoms with Crippen molar-refractivity contribution >= 4 is 23.6 Å². The summed E-state index contributed by atoms with van der Waals surface area (Å²) >= 11 is 6.79. The standard InChI is InChI=1S/C32H37ClFN3O4/c1-2-21-7-3-8-23(17-21)29-26(10-4-11-27(29)33)32(41,14-6-15-36-31(39)40)24-9-5-16-37(20-24)30(38)25-13-12-22(19-35)18-28(25)34/h3-4,7-8,10-13,17-18,24,36,41H,2,5-6,9,14-16,19-20,35H2,1H3,(H,39,40)/t24-,32+/m1/s1. The van der Waals surface area contributed by atoms with Gasteiger partial charge in [-0.2, -0.15) is 0 Å². The summed E-state index contributed by atoms with van der Waals surface area (Å²) in [5, 5.41) is 24.5. The van der Waals surface area contributed by atoms with Gasteiger partial charge in [-0.15, -0.1) is 0 Å². The molecule has 0 unspecified atom stereocenters. The topological polar surface area (TPSA) is 116 Å². The van der Waals surface area contributed by atoms with Gasteiger partial charge in [0.1, 0.15) is 5.82 Å². The number of piperidine rings is 1. The second-order valence-electron chi connectivity index (χ2n) is 10.6. The number of aliphatic hydroxyl groups is 1. The molecule has 4 rings (SSSR count). The van der Waals surface area contributed by atoms with Crippen LogP contribution in [0.4, 0.5) is 9.18 Å². The summed E-state index contributed by atoms with van der Waals surface area (Å²) in [6, 6.07) is 17.8. The smallest absolute Gasteiger partial charge is 0.404 e. The number of benzene rings is 3. The van der Waals surface area contributed by atoms with E-state index in [0.29, 0.717) is 47.5 Å². The summed E-state index contributed by atoms with van der Waals surface area (Å²) in [6.45, 7) is 3.04. The summed E-state index contributed by atoms with van der Waals surface area (Å²) in [5.74, 6) is -1.46. The number of nitrogens with zero attached hydrogens (tertiary/aromatic N) is 1. The summed E-state index contributed by atoms with van der Waals surface area (Å²) in [5.41, 5.74) is 8.09. The molecule has 0 aliphatic carbocycles. The van der Waals surface area contributed by atoms with Gasteiger partial charge in [-0.25, -0.2) is 9.18 Å². The lowest BCUT2D eigenvalue weighted by molar-refractivity contribution is -0.0563. The van der Waals surface area contributed by atoms with Crippen LogP contribution in [0.5, 0.6) is 0 Å². The number of aryl methyl sites for hydroxylation is 1. The van der Waals surface area contributed by atoms with Crippen molar-refractivity contribution in [3.63, 3.8) is 0 Å². The number of rotatable bonds is 10. The number of nitrogens with two attached hydrogens (primary N) is 1. The van der Waals surface area contributed by atoms with Crippen LogP contribution in [0.2, 0.25) is 5.02 Å². The molecule has 0 spiro atoms. The Hall–Kier alpha value is -3.46. The Balaban J connectivity index is 1.73. The number of hydrogen-bond donors (Lipinski definition) is 4.